The Labute approximate surface area is 103 Å². The maximum absolute atomic E-state index is 11.3. The number of hydrogen-bond acceptors (Lipinski definition) is 2. The third-order valence-corrected chi connectivity index (χ3v) is 6.00. The molecule has 0 amide bonds. The van der Waals surface area contributed by atoms with Gasteiger partial charge in [0.2, 0.25) is 0 Å². The third kappa shape index (κ3) is 6.56. The van der Waals surface area contributed by atoms with E-state index >= 15 is 0 Å². The van der Waals surface area contributed by atoms with Crippen LogP contribution in [-0.2, 0) is 9.84 Å². The highest BCUT2D eigenvalue weighted by atomic mass is 79.9. The average Bonchev–Trinajstić information content (AvgIpc) is 2.18. The monoisotopic (exact) mass is 298 g/mol. The van der Waals surface area contributed by atoms with E-state index < -0.39 is 9.84 Å². The van der Waals surface area contributed by atoms with Gasteiger partial charge in [0.1, 0.15) is 9.84 Å². The zero-order chi connectivity index (χ0) is 11.9. The van der Waals surface area contributed by atoms with Crippen molar-refractivity contribution in [2.75, 3.05) is 16.8 Å². The molecule has 0 N–H and O–H groups in total. The summed E-state index contributed by atoms with van der Waals surface area (Å²) in [5, 5.41) is 0.958. The van der Waals surface area contributed by atoms with E-state index in [0.29, 0.717) is 5.75 Å². The van der Waals surface area contributed by atoms with E-state index in [-0.39, 0.29) is 11.2 Å². The van der Waals surface area contributed by atoms with Crippen molar-refractivity contribution in [2.45, 2.75) is 46.5 Å². The Morgan fingerprint density at radius 2 is 1.80 bits per heavy atom. The molecule has 0 aromatic carbocycles. The van der Waals surface area contributed by atoms with Crippen LogP contribution in [0.5, 0.6) is 0 Å². The van der Waals surface area contributed by atoms with Gasteiger partial charge in [-0.15, -0.1) is 0 Å². The quantitative estimate of drug-likeness (QED) is 0.644. The van der Waals surface area contributed by atoms with Gasteiger partial charge in [0.05, 0.1) is 5.75 Å². The van der Waals surface area contributed by atoms with Gasteiger partial charge in [-0.2, -0.15) is 0 Å². The summed E-state index contributed by atoms with van der Waals surface area (Å²) in [5.41, 5.74) is 0.262. The van der Waals surface area contributed by atoms with Crippen molar-refractivity contribution >= 4 is 25.8 Å². The molecular weight excluding hydrogens is 276 g/mol. The highest BCUT2D eigenvalue weighted by molar-refractivity contribution is 9.09. The van der Waals surface area contributed by atoms with Gasteiger partial charge in [-0.3, -0.25) is 0 Å². The van der Waals surface area contributed by atoms with Gasteiger partial charge >= 0.3 is 0 Å². The largest absolute Gasteiger partial charge is 0.229 e. The number of halogens is 1. The van der Waals surface area contributed by atoms with E-state index in [1.165, 1.54) is 0 Å². The minimum Gasteiger partial charge on any atom is -0.229 e. The molecule has 2 nitrogen and oxygen atoms in total. The lowest BCUT2D eigenvalue weighted by Crippen LogP contribution is -2.20. The molecule has 0 spiro atoms. The Kier molecular flexibility index (Phi) is 7.09. The van der Waals surface area contributed by atoms with Crippen molar-refractivity contribution in [1.82, 2.24) is 0 Å². The van der Waals surface area contributed by atoms with Crippen LogP contribution >= 0.6 is 15.9 Å². The standard InChI is InChI=1S/C11H23BrO2S/c1-4-7-11(3,10-12)8-6-9-15(13,14)5-2/h4-10H2,1-3H3. The topological polar surface area (TPSA) is 34.1 Å². The number of rotatable bonds is 8. The fraction of sp³-hybridized carbons (Fsp3) is 1.00. The molecule has 0 heterocycles. The number of alkyl halides is 1. The van der Waals surface area contributed by atoms with Gasteiger partial charge in [0.25, 0.3) is 0 Å². The zero-order valence-electron chi connectivity index (χ0n) is 10.1. The molecule has 0 aromatic heterocycles. The first-order valence-corrected chi connectivity index (χ1v) is 8.60. The summed E-state index contributed by atoms with van der Waals surface area (Å²) in [7, 11) is -2.78. The molecule has 0 rings (SSSR count). The molecule has 15 heavy (non-hydrogen) atoms. The predicted molar refractivity (Wildman–Crippen MR) is 70.4 cm³/mol. The molecule has 0 saturated heterocycles. The molecule has 0 aliphatic heterocycles. The van der Waals surface area contributed by atoms with E-state index in [9.17, 15) is 8.42 Å². The molecule has 1 unspecified atom stereocenters. The third-order valence-electron chi connectivity index (χ3n) is 2.85. The molecule has 0 aromatic rings. The van der Waals surface area contributed by atoms with E-state index in [0.717, 1.165) is 31.0 Å². The number of hydrogen-bond donors (Lipinski definition) is 0. The Hall–Kier alpha value is 0.430. The highest BCUT2D eigenvalue weighted by Gasteiger charge is 2.22. The highest BCUT2D eigenvalue weighted by Crippen LogP contribution is 2.31. The van der Waals surface area contributed by atoms with Crippen LogP contribution < -0.4 is 0 Å². The van der Waals surface area contributed by atoms with Crippen LogP contribution in [0.3, 0.4) is 0 Å². The van der Waals surface area contributed by atoms with Gasteiger partial charge in [-0.05, 0) is 24.7 Å². The Morgan fingerprint density at radius 3 is 2.20 bits per heavy atom. The first-order valence-electron chi connectivity index (χ1n) is 5.65. The van der Waals surface area contributed by atoms with E-state index in [2.05, 4.69) is 29.8 Å². The molecule has 0 radical (unpaired) electrons. The van der Waals surface area contributed by atoms with Gasteiger partial charge < -0.3 is 0 Å². The van der Waals surface area contributed by atoms with E-state index in [4.69, 9.17) is 0 Å². The second kappa shape index (κ2) is 6.89. The van der Waals surface area contributed by atoms with Crippen molar-refractivity contribution < 1.29 is 8.42 Å². The second-order valence-electron chi connectivity index (χ2n) is 4.53. The van der Waals surface area contributed by atoms with Crippen LogP contribution in [0.4, 0.5) is 0 Å². The lowest BCUT2D eigenvalue weighted by Gasteiger charge is -2.26. The summed E-state index contributed by atoms with van der Waals surface area (Å²) in [6.07, 6.45) is 4.09. The first kappa shape index (κ1) is 15.4. The SMILES string of the molecule is CCCC(C)(CBr)CCCS(=O)(=O)CC. The van der Waals surface area contributed by atoms with E-state index in [1.54, 1.807) is 6.92 Å². The van der Waals surface area contributed by atoms with E-state index in [1.807, 2.05) is 0 Å². The van der Waals surface area contributed by atoms with Gasteiger partial charge in [0, 0.05) is 11.1 Å². The van der Waals surface area contributed by atoms with Crippen molar-refractivity contribution in [3.8, 4) is 0 Å². The summed E-state index contributed by atoms with van der Waals surface area (Å²) in [6, 6.07) is 0. The van der Waals surface area contributed by atoms with Crippen LogP contribution in [0, 0.1) is 5.41 Å². The normalized spacial score (nSPS) is 16.3. The average molecular weight is 299 g/mol. The molecular formula is C11H23BrO2S. The zero-order valence-corrected chi connectivity index (χ0v) is 12.5. The van der Waals surface area contributed by atoms with Gasteiger partial charge in [-0.25, -0.2) is 8.42 Å². The summed E-state index contributed by atoms with van der Waals surface area (Å²) in [6.45, 7) is 6.11. The van der Waals surface area contributed by atoms with Crippen LogP contribution in [0.15, 0.2) is 0 Å². The lowest BCUT2D eigenvalue weighted by molar-refractivity contribution is 0.312. The maximum atomic E-state index is 11.3. The smallest absolute Gasteiger partial charge is 0.150 e. The van der Waals surface area contributed by atoms with Crippen molar-refractivity contribution in [2.24, 2.45) is 5.41 Å². The molecule has 0 aliphatic carbocycles. The molecule has 0 saturated carbocycles. The molecule has 4 heteroatoms. The second-order valence-corrected chi connectivity index (χ2v) is 7.57. The molecule has 92 valence electrons. The molecule has 0 aliphatic rings. The Balaban J connectivity index is 4.03. The Morgan fingerprint density at radius 1 is 1.20 bits per heavy atom. The van der Waals surface area contributed by atoms with Gasteiger partial charge in [-0.1, -0.05) is 43.1 Å². The fourth-order valence-electron chi connectivity index (χ4n) is 1.73. The maximum Gasteiger partial charge on any atom is 0.150 e. The number of sulfone groups is 1. The van der Waals surface area contributed by atoms with Crippen molar-refractivity contribution in [1.29, 1.82) is 0 Å². The van der Waals surface area contributed by atoms with Crippen molar-refractivity contribution in [3.05, 3.63) is 0 Å². The van der Waals surface area contributed by atoms with Crippen LogP contribution in [-0.4, -0.2) is 25.3 Å². The summed E-state index contributed by atoms with van der Waals surface area (Å²) in [5.74, 6) is 0.613. The molecule has 1 atom stereocenters. The molecule has 0 bridgehead atoms. The van der Waals surface area contributed by atoms with Gasteiger partial charge in [0.15, 0.2) is 0 Å². The summed E-state index contributed by atoms with van der Waals surface area (Å²) >= 11 is 3.52. The fourth-order valence-corrected chi connectivity index (χ4v) is 3.16. The predicted octanol–water partition coefficient (Wildman–Crippen LogP) is 3.40. The first-order chi connectivity index (χ1) is 6.89. The van der Waals surface area contributed by atoms with Crippen LogP contribution in [0.25, 0.3) is 0 Å². The summed E-state index contributed by atoms with van der Waals surface area (Å²) < 4.78 is 22.6. The minimum absolute atomic E-state index is 0.262. The lowest BCUT2D eigenvalue weighted by atomic mass is 9.84. The summed E-state index contributed by atoms with van der Waals surface area (Å²) in [4.78, 5) is 0. The molecule has 0 fully saturated rings. The van der Waals surface area contributed by atoms with Crippen LogP contribution in [0.2, 0.25) is 0 Å². The van der Waals surface area contributed by atoms with Crippen LogP contribution in [0.1, 0.15) is 46.5 Å². The minimum atomic E-state index is -2.78. The Bertz CT molecular complexity index is 262. The van der Waals surface area contributed by atoms with Crippen molar-refractivity contribution in [3.63, 3.8) is 0 Å².